The van der Waals surface area contributed by atoms with E-state index >= 15 is 0 Å². The summed E-state index contributed by atoms with van der Waals surface area (Å²) in [6, 6.07) is 4.16. The first kappa shape index (κ1) is 25.1. The maximum Gasteiger partial charge on any atom is 0.331 e. The minimum Gasteiger partial charge on any atom is -0.350 e. The summed E-state index contributed by atoms with van der Waals surface area (Å²) in [5, 5.41) is 8.09. The van der Waals surface area contributed by atoms with Crippen molar-refractivity contribution in [3.63, 3.8) is 0 Å². The number of carbonyl (C=O) groups excluding carboxylic acids is 2. The number of aromatic nitrogens is 2. The molecule has 0 radical (unpaired) electrons. The molecule has 1 aliphatic carbocycles. The Kier molecular flexibility index (Phi) is 6.80. The molecule has 0 bridgehead atoms. The first-order chi connectivity index (χ1) is 17.7. The minimum atomic E-state index is -0.418. The summed E-state index contributed by atoms with van der Waals surface area (Å²) in [7, 11) is 1.83. The molecule has 3 amide bonds. The van der Waals surface area contributed by atoms with Crippen LogP contribution in [0.1, 0.15) is 45.6 Å². The number of nitrogens with one attached hydrogen (secondary N) is 3. The van der Waals surface area contributed by atoms with Crippen molar-refractivity contribution >= 4 is 28.5 Å². The highest BCUT2D eigenvalue weighted by Gasteiger charge is 2.29. The van der Waals surface area contributed by atoms with Gasteiger partial charge in [0.2, 0.25) is 5.91 Å². The van der Waals surface area contributed by atoms with Crippen molar-refractivity contribution in [2.45, 2.75) is 64.2 Å². The molecule has 1 saturated heterocycles. The second-order valence-corrected chi connectivity index (χ2v) is 10.6. The Hall–Kier alpha value is -3.60. The third kappa shape index (κ3) is 5.27. The van der Waals surface area contributed by atoms with Crippen LogP contribution in [-0.2, 0) is 11.3 Å². The smallest absolute Gasteiger partial charge is 0.331 e. The minimum absolute atomic E-state index is 0.114. The molecule has 2 atom stereocenters. The fraction of sp³-hybridized carbons (Fsp3) is 0.538. The predicted octanol–water partition coefficient (Wildman–Crippen LogP) is 1.60. The quantitative estimate of drug-likeness (QED) is 0.544. The number of fused-ring (bicyclic) bond motifs is 1. The summed E-state index contributed by atoms with van der Waals surface area (Å²) in [6.45, 7) is 5.26. The Balaban J connectivity index is 1.32. The summed E-state index contributed by atoms with van der Waals surface area (Å²) >= 11 is 0. The zero-order valence-electron chi connectivity index (χ0n) is 21.6. The van der Waals surface area contributed by atoms with Gasteiger partial charge in [0.05, 0.1) is 10.9 Å². The van der Waals surface area contributed by atoms with Crippen LogP contribution in [0.5, 0.6) is 0 Å². The summed E-state index contributed by atoms with van der Waals surface area (Å²) in [5.74, 6) is 0.251. The molecule has 2 fully saturated rings. The fourth-order valence-electron chi connectivity index (χ4n) is 5.12. The molecule has 198 valence electrons. The van der Waals surface area contributed by atoms with Crippen LogP contribution < -0.4 is 27.3 Å². The van der Waals surface area contributed by atoms with Crippen LogP contribution in [0, 0.1) is 5.92 Å². The Bertz CT molecular complexity index is 1360. The van der Waals surface area contributed by atoms with Gasteiger partial charge in [0, 0.05) is 50.7 Å². The van der Waals surface area contributed by atoms with Gasteiger partial charge in [-0.25, -0.2) is 15.0 Å². The second-order valence-electron chi connectivity index (χ2n) is 10.6. The topological polar surface area (TPSA) is 121 Å². The molecule has 3 heterocycles. The number of likely N-dealkylation sites (tertiary alicyclic amines) is 1. The Labute approximate surface area is 215 Å². The Morgan fingerprint density at radius 3 is 2.62 bits per heavy atom. The number of hydrazine groups is 1. The van der Waals surface area contributed by atoms with Crippen LogP contribution in [0.25, 0.3) is 10.9 Å². The monoisotopic (exact) mass is 509 g/mol. The number of hydrogen-bond acceptors (Lipinski definition) is 6. The van der Waals surface area contributed by atoms with Crippen LogP contribution in [-0.4, -0.2) is 63.2 Å². The first-order valence-electron chi connectivity index (χ1n) is 13.0. The van der Waals surface area contributed by atoms with Crippen molar-refractivity contribution in [2.75, 3.05) is 25.5 Å². The van der Waals surface area contributed by atoms with Gasteiger partial charge < -0.3 is 20.5 Å². The summed E-state index contributed by atoms with van der Waals surface area (Å²) in [4.78, 5) is 53.7. The largest absolute Gasteiger partial charge is 0.350 e. The molecule has 37 heavy (non-hydrogen) atoms. The highest BCUT2D eigenvalue weighted by Crippen LogP contribution is 2.30. The van der Waals surface area contributed by atoms with Crippen LogP contribution in [0.15, 0.2) is 40.1 Å². The van der Waals surface area contributed by atoms with Gasteiger partial charge >= 0.3 is 11.7 Å². The lowest BCUT2D eigenvalue weighted by Gasteiger charge is -2.33. The van der Waals surface area contributed by atoms with Crippen molar-refractivity contribution in [1.82, 2.24) is 29.8 Å². The van der Waals surface area contributed by atoms with Gasteiger partial charge in [0.1, 0.15) is 6.04 Å². The summed E-state index contributed by atoms with van der Waals surface area (Å²) in [6.07, 6.45) is 7.23. The Morgan fingerprint density at radius 1 is 1.16 bits per heavy atom. The van der Waals surface area contributed by atoms with E-state index in [9.17, 15) is 19.2 Å². The van der Waals surface area contributed by atoms with Crippen molar-refractivity contribution in [3.8, 4) is 0 Å². The summed E-state index contributed by atoms with van der Waals surface area (Å²) in [5.41, 5.74) is 3.49. The molecular formula is C26H35N7O4. The second kappa shape index (κ2) is 10.0. The van der Waals surface area contributed by atoms with E-state index in [2.05, 4.69) is 16.1 Å². The number of anilines is 1. The SMILES string of the molecule is CC(C)n1c(=O)n(CC2CC2)c(=O)c2cc(NC(=O)N3CCCC(NC(=O)C4C=CN(C)N4)C3)ccc21. The van der Waals surface area contributed by atoms with Gasteiger partial charge in [-0.2, -0.15) is 0 Å². The van der Waals surface area contributed by atoms with Crippen LogP contribution >= 0.6 is 0 Å². The van der Waals surface area contributed by atoms with Gasteiger partial charge in [-0.1, -0.05) is 0 Å². The average Bonchev–Trinajstić information content (AvgIpc) is 3.58. The molecule has 2 unspecified atom stereocenters. The molecule has 0 spiro atoms. The van der Waals surface area contributed by atoms with Gasteiger partial charge in [0.25, 0.3) is 5.56 Å². The molecule has 11 heteroatoms. The third-order valence-electron chi connectivity index (χ3n) is 7.26. The molecule has 2 aromatic rings. The standard InChI is InChI=1S/C26H35N7O4/c1-16(2)33-22-9-8-18(13-20(22)24(35)32(26(33)37)14-17-6-7-17)28-25(36)31-11-4-5-19(15-31)27-23(34)21-10-12-30(3)29-21/h8-10,12-13,16-17,19,21,29H,4-7,11,14-15H2,1-3H3,(H,27,34)(H,28,36). The summed E-state index contributed by atoms with van der Waals surface area (Å²) < 4.78 is 2.99. The number of urea groups is 1. The molecule has 1 aromatic carbocycles. The van der Waals surface area contributed by atoms with Crippen LogP contribution in [0.2, 0.25) is 0 Å². The van der Waals surface area contributed by atoms with Crippen LogP contribution in [0.4, 0.5) is 10.5 Å². The van der Waals surface area contributed by atoms with E-state index in [1.54, 1.807) is 45.0 Å². The van der Waals surface area contributed by atoms with E-state index in [1.165, 1.54) is 4.57 Å². The van der Waals surface area contributed by atoms with E-state index < -0.39 is 6.04 Å². The van der Waals surface area contributed by atoms with Gasteiger partial charge in [-0.05, 0) is 69.7 Å². The number of benzene rings is 1. The molecule has 5 rings (SSSR count). The van der Waals surface area contributed by atoms with E-state index in [0.717, 1.165) is 25.7 Å². The zero-order chi connectivity index (χ0) is 26.3. The maximum absolute atomic E-state index is 13.3. The molecule has 3 N–H and O–H groups in total. The number of rotatable bonds is 6. The fourth-order valence-corrected chi connectivity index (χ4v) is 5.12. The van der Waals surface area contributed by atoms with Crippen molar-refractivity contribution in [1.29, 1.82) is 0 Å². The van der Waals surface area contributed by atoms with Crippen LogP contribution in [0.3, 0.4) is 0 Å². The molecule has 2 aliphatic heterocycles. The molecule has 1 saturated carbocycles. The number of amides is 3. The van der Waals surface area contributed by atoms with E-state index in [0.29, 0.717) is 42.1 Å². The normalized spacial score (nSPS) is 21.6. The molecule has 1 aromatic heterocycles. The lowest BCUT2D eigenvalue weighted by Crippen LogP contribution is -2.54. The molecule has 3 aliphatic rings. The number of hydrogen-bond donors (Lipinski definition) is 3. The van der Waals surface area contributed by atoms with E-state index in [4.69, 9.17) is 0 Å². The zero-order valence-corrected chi connectivity index (χ0v) is 21.6. The highest BCUT2D eigenvalue weighted by atomic mass is 16.2. The lowest BCUT2D eigenvalue weighted by atomic mass is 10.1. The highest BCUT2D eigenvalue weighted by molar-refractivity contribution is 5.92. The van der Waals surface area contributed by atoms with E-state index in [1.807, 2.05) is 20.9 Å². The number of carbonyl (C=O) groups is 2. The van der Waals surface area contributed by atoms with Gasteiger partial charge in [-0.3, -0.25) is 18.7 Å². The van der Waals surface area contributed by atoms with Gasteiger partial charge in [0.15, 0.2) is 0 Å². The number of piperidine rings is 1. The maximum atomic E-state index is 13.3. The lowest BCUT2D eigenvalue weighted by molar-refractivity contribution is -0.123. The molecule has 11 nitrogen and oxygen atoms in total. The molecular weight excluding hydrogens is 474 g/mol. The number of nitrogens with zero attached hydrogens (tertiary/aromatic N) is 4. The van der Waals surface area contributed by atoms with E-state index in [-0.39, 0.29) is 35.3 Å². The van der Waals surface area contributed by atoms with Crippen molar-refractivity contribution < 1.29 is 9.59 Å². The first-order valence-corrected chi connectivity index (χ1v) is 13.0. The van der Waals surface area contributed by atoms with Gasteiger partial charge in [-0.15, -0.1) is 0 Å². The average molecular weight is 510 g/mol. The third-order valence-corrected chi connectivity index (χ3v) is 7.26. The van der Waals surface area contributed by atoms with Crippen molar-refractivity contribution in [3.05, 3.63) is 51.3 Å². The van der Waals surface area contributed by atoms with Crippen molar-refractivity contribution in [2.24, 2.45) is 5.92 Å². The Morgan fingerprint density at radius 2 is 1.95 bits per heavy atom. The predicted molar refractivity (Wildman–Crippen MR) is 141 cm³/mol.